The van der Waals surface area contributed by atoms with E-state index in [0.717, 1.165) is 12.8 Å². The topological polar surface area (TPSA) is 41.1 Å². The number of hydrogen-bond acceptors (Lipinski definition) is 1. The Morgan fingerprint density at radius 2 is 1.90 bits per heavy atom. The van der Waals surface area contributed by atoms with Crippen LogP contribution in [-0.2, 0) is 6.42 Å². The molecule has 2 aromatic carbocycles. The lowest BCUT2D eigenvalue weighted by Crippen LogP contribution is -2.36. The first-order valence-corrected chi connectivity index (χ1v) is 7.38. The van der Waals surface area contributed by atoms with E-state index in [0.29, 0.717) is 10.7 Å². The lowest BCUT2D eigenvalue weighted by Gasteiger charge is -2.14. The average molecular weight is 303 g/mol. The first kappa shape index (κ1) is 15.4. The van der Waals surface area contributed by atoms with Gasteiger partial charge in [-0.15, -0.1) is 0 Å². The monoisotopic (exact) mass is 302 g/mol. The molecule has 0 unspecified atom stereocenters. The fourth-order valence-electron chi connectivity index (χ4n) is 2.06. The highest BCUT2D eigenvalue weighted by Crippen LogP contribution is 2.14. The Labute approximate surface area is 130 Å². The van der Waals surface area contributed by atoms with Crippen LogP contribution in [0.4, 0.5) is 10.5 Å². The molecule has 21 heavy (non-hydrogen) atoms. The number of nitrogens with one attached hydrogen (secondary N) is 2. The molecule has 0 fully saturated rings. The van der Waals surface area contributed by atoms with Gasteiger partial charge in [-0.3, -0.25) is 0 Å². The molecule has 0 spiro atoms. The highest BCUT2D eigenvalue weighted by atomic mass is 35.5. The molecule has 0 saturated heterocycles. The van der Waals surface area contributed by atoms with Gasteiger partial charge in [-0.1, -0.05) is 48.0 Å². The molecule has 0 aliphatic carbocycles. The van der Waals surface area contributed by atoms with E-state index in [1.165, 1.54) is 5.56 Å². The van der Waals surface area contributed by atoms with Gasteiger partial charge in [0.05, 0.1) is 0 Å². The SMILES string of the molecule is C[C@H](CCc1ccccc1)NC(=O)Nc1cccc(Cl)c1. The summed E-state index contributed by atoms with van der Waals surface area (Å²) in [6.45, 7) is 2.00. The second-order valence-corrected chi connectivity index (χ2v) is 5.47. The molecule has 0 bridgehead atoms. The van der Waals surface area contributed by atoms with Crippen molar-refractivity contribution < 1.29 is 4.79 Å². The Bertz CT molecular complexity index is 586. The highest BCUT2D eigenvalue weighted by Gasteiger charge is 2.07. The van der Waals surface area contributed by atoms with E-state index in [1.807, 2.05) is 25.1 Å². The van der Waals surface area contributed by atoms with Crippen LogP contribution >= 0.6 is 11.6 Å². The minimum Gasteiger partial charge on any atom is -0.335 e. The summed E-state index contributed by atoms with van der Waals surface area (Å²) in [4.78, 5) is 11.9. The van der Waals surface area contributed by atoms with Gasteiger partial charge in [0.15, 0.2) is 0 Å². The number of halogens is 1. The molecule has 0 radical (unpaired) electrons. The van der Waals surface area contributed by atoms with Crippen LogP contribution in [0.25, 0.3) is 0 Å². The predicted octanol–water partition coefficient (Wildman–Crippen LogP) is 4.48. The summed E-state index contributed by atoms with van der Waals surface area (Å²) < 4.78 is 0. The summed E-state index contributed by atoms with van der Waals surface area (Å²) in [5.74, 6) is 0. The third-order valence-corrected chi connectivity index (χ3v) is 3.40. The summed E-state index contributed by atoms with van der Waals surface area (Å²) in [6.07, 6.45) is 1.84. The van der Waals surface area contributed by atoms with Crippen LogP contribution in [0.2, 0.25) is 5.02 Å². The molecule has 0 aliphatic rings. The van der Waals surface area contributed by atoms with Gasteiger partial charge in [-0.2, -0.15) is 0 Å². The lowest BCUT2D eigenvalue weighted by atomic mass is 10.1. The van der Waals surface area contributed by atoms with Gasteiger partial charge in [0.25, 0.3) is 0 Å². The van der Waals surface area contributed by atoms with E-state index < -0.39 is 0 Å². The summed E-state index contributed by atoms with van der Waals surface area (Å²) >= 11 is 5.88. The van der Waals surface area contributed by atoms with Gasteiger partial charge in [0.2, 0.25) is 0 Å². The molecule has 2 aromatic rings. The Kier molecular flexibility index (Phi) is 5.64. The van der Waals surface area contributed by atoms with Gasteiger partial charge >= 0.3 is 6.03 Å². The zero-order valence-corrected chi connectivity index (χ0v) is 12.7. The summed E-state index contributed by atoms with van der Waals surface area (Å²) in [5, 5.41) is 6.30. The maximum atomic E-state index is 11.9. The van der Waals surface area contributed by atoms with Gasteiger partial charge < -0.3 is 10.6 Å². The van der Waals surface area contributed by atoms with Crippen molar-refractivity contribution in [2.24, 2.45) is 0 Å². The van der Waals surface area contributed by atoms with Crippen LogP contribution < -0.4 is 10.6 Å². The highest BCUT2D eigenvalue weighted by molar-refractivity contribution is 6.30. The van der Waals surface area contributed by atoms with Crippen LogP contribution in [0.3, 0.4) is 0 Å². The number of amides is 2. The lowest BCUT2D eigenvalue weighted by molar-refractivity contribution is 0.248. The maximum Gasteiger partial charge on any atom is 0.319 e. The van der Waals surface area contributed by atoms with Crippen molar-refractivity contribution in [3.8, 4) is 0 Å². The molecular weight excluding hydrogens is 284 g/mol. The van der Waals surface area contributed by atoms with Crippen LogP contribution in [0.1, 0.15) is 18.9 Å². The zero-order chi connectivity index (χ0) is 15.1. The van der Waals surface area contributed by atoms with E-state index in [-0.39, 0.29) is 12.1 Å². The van der Waals surface area contributed by atoms with Crippen LogP contribution in [-0.4, -0.2) is 12.1 Å². The molecule has 1 atom stereocenters. The van der Waals surface area contributed by atoms with Crippen molar-refractivity contribution >= 4 is 23.3 Å². The Hall–Kier alpha value is -2.00. The van der Waals surface area contributed by atoms with E-state index in [2.05, 4.69) is 22.8 Å². The standard InChI is InChI=1S/C17H19ClN2O/c1-13(10-11-14-6-3-2-4-7-14)19-17(21)20-16-9-5-8-15(18)12-16/h2-9,12-13H,10-11H2,1H3,(H2,19,20,21)/t13-/m1/s1. The molecule has 0 heterocycles. The molecule has 3 nitrogen and oxygen atoms in total. The van der Waals surface area contributed by atoms with Crippen LogP contribution in [0.15, 0.2) is 54.6 Å². The van der Waals surface area contributed by atoms with Crippen molar-refractivity contribution in [1.82, 2.24) is 5.32 Å². The van der Waals surface area contributed by atoms with Crippen molar-refractivity contribution in [1.29, 1.82) is 0 Å². The molecular formula is C17H19ClN2O. The Balaban J connectivity index is 1.77. The smallest absolute Gasteiger partial charge is 0.319 e. The molecule has 0 aromatic heterocycles. The quantitative estimate of drug-likeness (QED) is 0.840. The number of anilines is 1. The number of carbonyl (C=O) groups excluding carboxylic acids is 1. The molecule has 4 heteroatoms. The number of carbonyl (C=O) groups is 1. The number of rotatable bonds is 5. The summed E-state index contributed by atoms with van der Waals surface area (Å²) in [6, 6.07) is 17.2. The van der Waals surface area contributed by atoms with Crippen molar-refractivity contribution in [3.63, 3.8) is 0 Å². The van der Waals surface area contributed by atoms with Crippen LogP contribution in [0, 0.1) is 0 Å². The first-order chi connectivity index (χ1) is 10.1. The number of hydrogen-bond donors (Lipinski definition) is 2. The fourth-order valence-corrected chi connectivity index (χ4v) is 2.25. The van der Waals surface area contributed by atoms with E-state index in [4.69, 9.17) is 11.6 Å². The molecule has 2 rings (SSSR count). The minimum atomic E-state index is -0.210. The molecule has 2 N–H and O–H groups in total. The largest absolute Gasteiger partial charge is 0.335 e. The Morgan fingerprint density at radius 1 is 1.14 bits per heavy atom. The van der Waals surface area contributed by atoms with Crippen molar-refractivity contribution in [2.75, 3.05) is 5.32 Å². The number of urea groups is 1. The van der Waals surface area contributed by atoms with Gasteiger partial charge in [0, 0.05) is 16.8 Å². The second kappa shape index (κ2) is 7.70. The normalized spacial score (nSPS) is 11.7. The summed E-state index contributed by atoms with van der Waals surface area (Å²) in [7, 11) is 0. The van der Waals surface area contributed by atoms with Gasteiger partial charge in [0.1, 0.15) is 0 Å². The number of benzene rings is 2. The Morgan fingerprint density at radius 3 is 2.62 bits per heavy atom. The third-order valence-electron chi connectivity index (χ3n) is 3.17. The van der Waals surface area contributed by atoms with Crippen LogP contribution in [0.5, 0.6) is 0 Å². The second-order valence-electron chi connectivity index (χ2n) is 5.03. The third kappa shape index (κ3) is 5.48. The van der Waals surface area contributed by atoms with E-state index in [9.17, 15) is 4.79 Å². The minimum absolute atomic E-state index is 0.101. The summed E-state index contributed by atoms with van der Waals surface area (Å²) in [5.41, 5.74) is 1.97. The van der Waals surface area contributed by atoms with Gasteiger partial charge in [-0.25, -0.2) is 4.79 Å². The molecule has 0 aliphatic heterocycles. The molecule has 110 valence electrons. The first-order valence-electron chi connectivity index (χ1n) is 7.00. The fraction of sp³-hybridized carbons (Fsp3) is 0.235. The van der Waals surface area contributed by atoms with Crippen molar-refractivity contribution in [3.05, 3.63) is 65.2 Å². The predicted molar refractivity (Wildman–Crippen MR) is 87.8 cm³/mol. The van der Waals surface area contributed by atoms with E-state index in [1.54, 1.807) is 24.3 Å². The zero-order valence-electron chi connectivity index (χ0n) is 12.0. The van der Waals surface area contributed by atoms with E-state index >= 15 is 0 Å². The molecule has 2 amide bonds. The average Bonchev–Trinajstić information content (AvgIpc) is 2.46. The van der Waals surface area contributed by atoms with Gasteiger partial charge in [-0.05, 0) is 43.5 Å². The number of aryl methyl sites for hydroxylation is 1. The molecule has 0 saturated carbocycles. The van der Waals surface area contributed by atoms with Crippen molar-refractivity contribution in [2.45, 2.75) is 25.8 Å². The maximum absolute atomic E-state index is 11.9.